The number of fused-ring (bicyclic) bond motifs is 1. The molecule has 0 aliphatic heterocycles. The second kappa shape index (κ2) is 4.41. The number of hydrogen-bond donors (Lipinski definition) is 1. The van der Waals surface area contributed by atoms with E-state index in [1.54, 1.807) is 18.7 Å². The van der Waals surface area contributed by atoms with Crippen LogP contribution >= 0.6 is 0 Å². The van der Waals surface area contributed by atoms with Crippen LogP contribution in [-0.4, -0.2) is 15.2 Å². The molecular weight excluding hydrogens is 190 g/mol. The average Bonchev–Trinajstić information content (AvgIpc) is 2.92. The Hall–Kier alpha value is -2.10. The average molecular weight is 201 g/mol. The Morgan fingerprint density at radius 1 is 1.27 bits per heavy atom. The highest BCUT2D eigenvalue weighted by Crippen LogP contribution is 2.11. The molecule has 4 heteroatoms. The fourth-order valence-corrected chi connectivity index (χ4v) is 1.20. The van der Waals surface area contributed by atoms with E-state index in [-0.39, 0.29) is 0 Å². The summed E-state index contributed by atoms with van der Waals surface area (Å²) in [4.78, 5) is 3.99. The zero-order valence-electron chi connectivity index (χ0n) is 8.34. The minimum atomic E-state index is 0.979. The molecule has 0 fully saturated rings. The molecule has 0 radical (unpaired) electrons. The van der Waals surface area contributed by atoms with Gasteiger partial charge in [-0.2, -0.15) is 5.10 Å². The fourth-order valence-electron chi connectivity index (χ4n) is 1.20. The maximum absolute atomic E-state index is 4.58. The van der Waals surface area contributed by atoms with Crippen LogP contribution in [0.1, 0.15) is 5.69 Å². The first-order chi connectivity index (χ1) is 7.38. The molecule has 76 valence electrons. The van der Waals surface area contributed by atoms with Gasteiger partial charge in [0.2, 0.25) is 0 Å². The van der Waals surface area contributed by atoms with Crippen LogP contribution in [0, 0.1) is 6.92 Å². The number of H-pyrrole nitrogens is 1. The van der Waals surface area contributed by atoms with Crippen LogP contribution < -0.4 is 0 Å². The van der Waals surface area contributed by atoms with Crippen LogP contribution in [0.25, 0.3) is 10.9 Å². The normalized spacial score (nSPS) is 9.67. The smallest absolute Gasteiger partial charge is 0.0954 e. The van der Waals surface area contributed by atoms with E-state index in [2.05, 4.69) is 19.6 Å². The zero-order chi connectivity index (χ0) is 10.5. The molecule has 3 heterocycles. The second-order valence-electron chi connectivity index (χ2n) is 3.03. The van der Waals surface area contributed by atoms with E-state index >= 15 is 0 Å². The van der Waals surface area contributed by atoms with Gasteiger partial charge in [-0.1, -0.05) is 0 Å². The molecule has 4 nitrogen and oxygen atoms in total. The Morgan fingerprint density at radius 3 is 2.67 bits per heavy atom. The Bertz CT molecular complexity index is 496. The van der Waals surface area contributed by atoms with Crippen LogP contribution in [-0.2, 0) is 0 Å². The van der Waals surface area contributed by atoms with Crippen molar-refractivity contribution in [2.75, 3.05) is 0 Å². The standard InChI is InChI=1S/C7H7N3.C4H4O/c1-5-6-4-8-3-2-7(6)10-9-5;1-2-4-5-3-1/h2-4H,1H3,(H,9,10);1-4H. The molecule has 3 aromatic rings. The molecule has 0 bridgehead atoms. The number of aryl methyl sites for hydroxylation is 1. The maximum atomic E-state index is 4.58. The van der Waals surface area contributed by atoms with Crippen LogP contribution in [0.15, 0.2) is 47.5 Å². The van der Waals surface area contributed by atoms with Gasteiger partial charge in [-0.15, -0.1) is 0 Å². The number of furan rings is 1. The molecule has 0 aliphatic rings. The first-order valence-corrected chi connectivity index (χ1v) is 4.60. The Kier molecular flexibility index (Phi) is 2.78. The van der Waals surface area contributed by atoms with Gasteiger partial charge in [-0.05, 0) is 25.1 Å². The van der Waals surface area contributed by atoms with E-state index in [1.165, 1.54) is 0 Å². The summed E-state index contributed by atoms with van der Waals surface area (Å²) in [7, 11) is 0. The van der Waals surface area contributed by atoms with Gasteiger partial charge >= 0.3 is 0 Å². The topological polar surface area (TPSA) is 54.7 Å². The lowest BCUT2D eigenvalue weighted by Gasteiger charge is -1.83. The van der Waals surface area contributed by atoms with E-state index in [9.17, 15) is 0 Å². The number of nitrogens with zero attached hydrogens (tertiary/aromatic N) is 2. The Morgan fingerprint density at radius 2 is 2.07 bits per heavy atom. The van der Waals surface area contributed by atoms with E-state index in [4.69, 9.17) is 0 Å². The summed E-state index contributed by atoms with van der Waals surface area (Å²) < 4.78 is 4.58. The largest absolute Gasteiger partial charge is 0.473 e. The van der Waals surface area contributed by atoms with Crippen molar-refractivity contribution in [1.29, 1.82) is 0 Å². The second-order valence-corrected chi connectivity index (χ2v) is 3.03. The lowest BCUT2D eigenvalue weighted by atomic mass is 10.3. The summed E-state index contributed by atoms with van der Waals surface area (Å²) in [6.07, 6.45) is 6.80. The lowest BCUT2D eigenvalue weighted by Crippen LogP contribution is -1.70. The van der Waals surface area contributed by atoms with Gasteiger partial charge in [0, 0.05) is 23.5 Å². The molecule has 0 atom stereocenters. The molecule has 0 saturated heterocycles. The van der Waals surface area contributed by atoms with Crippen LogP contribution in [0.4, 0.5) is 0 Å². The Labute approximate surface area is 87.0 Å². The molecule has 0 aliphatic carbocycles. The number of nitrogens with one attached hydrogen (secondary N) is 1. The molecule has 1 N–H and O–H groups in total. The Balaban J connectivity index is 0.000000144. The first kappa shape index (κ1) is 9.45. The van der Waals surface area contributed by atoms with Gasteiger partial charge in [0.25, 0.3) is 0 Å². The summed E-state index contributed by atoms with van der Waals surface area (Å²) in [5, 5.41) is 8.04. The molecule has 0 spiro atoms. The molecule has 0 amide bonds. The number of pyridine rings is 1. The predicted molar refractivity (Wildman–Crippen MR) is 57.3 cm³/mol. The molecule has 3 rings (SSSR count). The third-order valence-electron chi connectivity index (χ3n) is 1.97. The molecule has 0 saturated carbocycles. The van der Waals surface area contributed by atoms with E-state index in [0.717, 1.165) is 16.6 Å². The molecule has 0 unspecified atom stereocenters. The van der Waals surface area contributed by atoms with E-state index in [1.807, 2.05) is 31.3 Å². The monoisotopic (exact) mass is 201 g/mol. The van der Waals surface area contributed by atoms with Crippen molar-refractivity contribution in [3.05, 3.63) is 48.8 Å². The third kappa shape index (κ3) is 2.22. The number of aromatic nitrogens is 3. The molecule has 0 aromatic carbocycles. The summed E-state index contributed by atoms with van der Waals surface area (Å²) in [5.41, 5.74) is 2.05. The van der Waals surface area contributed by atoms with Gasteiger partial charge in [0.1, 0.15) is 0 Å². The van der Waals surface area contributed by atoms with Crippen molar-refractivity contribution >= 4 is 10.9 Å². The maximum Gasteiger partial charge on any atom is 0.0954 e. The zero-order valence-corrected chi connectivity index (χ0v) is 8.34. The van der Waals surface area contributed by atoms with Gasteiger partial charge < -0.3 is 4.42 Å². The third-order valence-corrected chi connectivity index (χ3v) is 1.97. The van der Waals surface area contributed by atoms with Crippen LogP contribution in [0.2, 0.25) is 0 Å². The van der Waals surface area contributed by atoms with Gasteiger partial charge in [0.15, 0.2) is 0 Å². The number of hydrogen-bond acceptors (Lipinski definition) is 3. The minimum absolute atomic E-state index is 0.979. The summed E-state index contributed by atoms with van der Waals surface area (Å²) in [6, 6.07) is 5.55. The van der Waals surface area contributed by atoms with Gasteiger partial charge in [-0.3, -0.25) is 10.1 Å². The van der Waals surface area contributed by atoms with Crippen molar-refractivity contribution in [1.82, 2.24) is 15.2 Å². The number of rotatable bonds is 0. The highest BCUT2D eigenvalue weighted by Gasteiger charge is 1.97. The summed E-state index contributed by atoms with van der Waals surface area (Å²) in [6.45, 7) is 1.98. The first-order valence-electron chi connectivity index (χ1n) is 4.60. The highest BCUT2D eigenvalue weighted by atomic mass is 16.3. The summed E-state index contributed by atoms with van der Waals surface area (Å²) in [5.74, 6) is 0. The van der Waals surface area contributed by atoms with E-state index in [0.29, 0.717) is 0 Å². The predicted octanol–water partition coefficient (Wildman–Crippen LogP) is 2.55. The quantitative estimate of drug-likeness (QED) is 0.608. The van der Waals surface area contributed by atoms with Gasteiger partial charge in [0.05, 0.1) is 18.0 Å². The van der Waals surface area contributed by atoms with Crippen molar-refractivity contribution < 1.29 is 4.42 Å². The van der Waals surface area contributed by atoms with Crippen molar-refractivity contribution in [3.8, 4) is 0 Å². The van der Waals surface area contributed by atoms with Crippen molar-refractivity contribution in [3.63, 3.8) is 0 Å². The molecular formula is C11H11N3O. The van der Waals surface area contributed by atoms with Crippen molar-refractivity contribution in [2.45, 2.75) is 6.92 Å². The van der Waals surface area contributed by atoms with Crippen molar-refractivity contribution in [2.24, 2.45) is 0 Å². The minimum Gasteiger partial charge on any atom is -0.473 e. The molecule has 3 aromatic heterocycles. The van der Waals surface area contributed by atoms with E-state index < -0.39 is 0 Å². The number of aromatic amines is 1. The molecule has 15 heavy (non-hydrogen) atoms. The van der Waals surface area contributed by atoms with Gasteiger partial charge in [-0.25, -0.2) is 0 Å². The fraction of sp³-hybridized carbons (Fsp3) is 0.0909. The van der Waals surface area contributed by atoms with Crippen LogP contribution in [0.5, 0.6) is 0 Å². The highest BCUT2D eigenvalue weighted by molar-refractivity contribution is 5.79. The SMILES string of the molecule is Cc1[nH]nc2ccncc12.c1ccoc1. The lowest BCUT2D eigenvalue weighted by molar-refractivity contribution is 0.567. The summed E-state index contributed by atoms with van der Waals surface area (Å²) >= 11 is 0. The van der Waals surface area contributed by atoms with Crippen LogP contribution in [0.3, 0.4) is 0 Å².